The minimum atomic E-state index is 0.705. The summed E-state index contributed by atoms with van der Waals surface area (Å²) in [6, 6.07) is 15.9. The first-order valence-corrected chi connectivity index (χ1v) is 8.96. The van der Waals surface area contributed by atoms with Crippen LogP contribution in [0.5, 0.6) is 5.75 Å². The zero-order valence-corrected chi connectivity index (χ0v) is 15.5. The lowest BCUT2D eigenvalue weighted by atomic mass is 10.1. The van der Waals surface area contributed by atoms with Crippen LogP contribution in [0.4, 0.5) is 0 Å². The number of methoxy groups -OCH3 is 1. The van der Waals surface area contributed by atoms with Crippen LogP contribution in [-0.4, -0.2) is 30.6 Å². The van der Waals surface area contributed by atoms with E-state index in [9.17, 15) is 0 Å². The van der Waals surface area contributed by atoms with E-state index in [1.807, 2.05) is 42.6 Å². The summed E-state index contributed by atoms with van der Waals surface area (Å²) < 4.78 is 17.0. The van der Waals surface area contributed by atoms with Gasteiger partial charge in [0.15, 0.2) is 22.9 Å². The summed E-state index contributed by atoms with van der Waals surface area (Å²) in [7, 11) is 3.77. The van der Waals surface area contributed by atoms with Crippen LogP contribution in [-0.2, 0) is 13.0 Å². The second-order valence-electron chi connectivity index (χ2n) is 6.57. The first kappa shape index (κ1) is 17.4. The standard InChI is InChI=1S/C22H22N2O3/c1-24(12-10-17-6-3-4-11-23-17)15-16-8-9-20(25-2)22-18(16)14-21(27-22)19-7-5-13-26-19/h3-9,11,13-14H,10,12,15H2,1-2H3. The van der Waals surface area contributed by atoms with E-state index >= 15 is 0 Å². The first-order chi connectivity index (χ1) is 13.2. The summed E-state index contributed by atoms with van der Waals surface area (Å²) in [5.41, 5.74) is 3.04. The van der Waals surface area contributed by atoms with Gasteiger partial charge < -0.3 is 18.5 Å². The van der Waals surface area contributed by atoms with Crippen molar-refractivity contribution < 1.29 is 13.6 Å². The molecule has 138 valence electrons. The average molecular weight is 362 g/mol. The molecule has 0 N–H and O–H groups in total. The minimum absolute atomic E-state index is 0.705. The van der Waals surface area contributed by atoms with Gasteiger partial charge in [0.2, 0.25) is 0 Å². The lowest BCUT2D eigenvalue weighted by Crippen LogP contribution is -2.21. The van der Waals surface area contributed by atoms with Crippen LogP contribution in [0.15, 0.2) is 69.8 Å². The molecule has 0 spiro atoms. The Bertz CT molecular complexity index is 1010. The second kappa shape index (κ2) is 7.68. The van der Waals surface area contributed by atoms with Gasteiger partial charge in [0.05, 0.1) is 13.4 Å². The molecule has 3 heterocycles. The molecule has 4 rings (SSSR count). The number of benzene rings is 1. The van der Waals surface area contributed by atoms with Crippen molar-refractivity contribution in [3.8, 4) is 17.3 Å². The Labute approximate surface area is 158 Å². The predicted molar refractivity (Wildman–Crippen MR) is 105 cm³/mol. The van der Waals surface area contributed by atoms with Gasteiger partial charge in [-0.1, -0.05) is 12.1 Å². The largest absolute Gasteiger partial charge is 0.493 e. The summed E-state index contributed by atoms with van der Waals surface area (Å²) in [6.45, 7) is 1.73. The van der Waals surface area contributed by atoms with Crippen LogP contribution in [0.3, 0.4) is 0 Å². The van der Waals surface area contributed by atoms with Crippen LogP contribution < -0.4 is 4.74 Å². The topological polar surface area (TPSA) is 51.6 Å². The highest BCUT2D eigenvalue weighted by molar-refractivity contribution is 5.89. The van der Waals surface area contributed by atoms with Gasteiger partial charge in [-0.3, -0.25) is 4.98 Å². The van der Waals surface area contributed by atoms with Crippen molar-refractivity contribution in [1.29, 1.82) is 0 Å². The van der Waals surface area contributed by atoms with Crippen molar-refractivity contribution in [2.45, 2.75) is 13.0 Å². The van der Waals surface area contributed by atoms with Crippen LogP contribution >= 0.6 is 0 Å². The molecular formula is C22H22N2O3. The van der Waals surface area contributed by atoms with Gasteiger partial charge in [0.1, 0.15) is 0 Å². The molecule has 5 nitrogen and oxygen atoms in total. The smallest absolute Gasteiger partial charge is 0.177 e. The minimum Gasteiger partial charge on any atom is -0.493 e. The van der Waals surface area contributed by atoms with E-state index < -0.39 is 0 Å². The Morgan fingerprint density at radius 1 is 1.07 bits per heavy atom. The Balaban J connectivity index is 1.57. The molecule has 5 heteroatoms. The fourth-order valence-corrected chi connectivity index (χ4v) is 3.21. The molecule has 0 aliphatic carbocycles. The van der Waals surface area contributed by atoms with Crippen molar-refractivity contribution in [3.63, 3.8) is 0 Å². The van der Waals surface area contributed by atoms with Crippen LogP contribution in [0, 0.1) is 0 Å². The number of furan rings is 2. The third-order valence-corrected chi connectivity index (χ3v) is 4.64. The monoisotopic (exact) mass is 362 g/mol. The molecule has 0 aliphatic rings. The number of fused-ring (bicyclic) bond motifs is 1. The van der Waals surface area contributed by atoms with Crippen molar-refractivity contribution in [1.82, 2.24) is 9.88 Å². The number of rotatable bonds is 7. The van der Waals surface area contributed by atoms with E-state index in [1.54, 1.807) is 13.4 Å². The molecular weight excluding hydrogens is 340 g/mol. The number of pyridine rings is 1. The second-order valence-corrected chi connectivity index (χ2v) is 6.57. The van der Waals surface area contributed by atoms with Crippen LogP contribution in [0.1, 0.15) is 11.3 Å². The lowest BCUT2D eigenvalue weighted by Gasteiger charge is -2.17. The van der Waals surface area contributed by atoms with Gasteiger partial charge >= 0.3 is 0 Å². The predicted octanol–water partition coefficient (Wildman–Crippen LogP) is 4.77. The zero-order chi connectivity index (χ0) is 18.6. The van der Waals surface area contributed by atoms with Gasteiger partial charge in [-0.25, -0.2) is 0 Å². The first-order valence-electron chi connectivity index (χ1n) is 8.96. The molecule has 0 aliphatic heterocycles. The molecule has 27 heavy (non-hydrogen) atoms. The number of aromatic nitrogens is 1. The molecule has 0 saturated heterocycles. The molecule has 0 bridgehead atoms. The molecule has 3 aromatic heterocycles. The molecule has 0 unspecified atom stereocenters. The zero-order valence-electron chi connectivity index (χ0n) is 15.5. The van der Waals surface area contributed by atoms with Crippen molar-refractivity contribution in [2.24, 2.45) is 0 Å². The van der Waals surface area contributed by atoms with E-state index in [-0.39, 0.29) is 0 Å². The van der Waals surface area contributed by atoms with E-state index in [0.29, 0.717) is 11.5 Å². The third kappa shape index (κ3) is 3.73. The third-order valence-electron chi connectivity index (χ3n) is 4.64. The fourth-order valence-electron chi connectivity index (χ4n) is 3.21. The summed E-state index contributed by atoms with van der Waals surface area (Å²) in [4.78, 5) is 6.68. The summed E-state index contributed by atoms with van der Waals surface area (Å²) in [6.07, 6.45) is 4.40. The van der Waals surface area contributed by atoms with Crippen LogP contribution in [0.25, 0.3) is 22.5 Å². The molecule has 4 aromatic rings. The Morgan fingerprint density at radius 2 is 2.00 bits per heavy atom. The maximum Gasteiger partial charge on any atom is 0.177 e. The Morgan fingerprint density at radius 3 is 2.74 bits per heavy atom. The Kier molecular flexibility index (Phi) is 4.94. The number of hydrogen-bond acceptors (Lipinski definition) is 5. The lowest BCUT2D eigenvalue weighted by molar-refractivity contribution is 0.331. The summed E-state index contributed by atoms with van der Waals surface area (Å²) in [5.74, 6) is 2.14. The molecule has 0 atom stereocenters. The molecule has 0 saturated carbocycles. The maximum atomic E-state index is 6.04. The number of hydrogen-bond donors (Lipinski definition) is 0. The average Bonchev–Trinajstić information content (AvgIpc) is 3.37. The molecule has 1 aromatic carbocycles. The normalized spacial score (nSPS) is 11.4. The highest BCUT2D eigenvalue weighted by atomic mass is 16.5. The van der Waals surface area contributed by atoms with Gasteiger partial charge in [-0.2, -0.15) is 0 Å². The van der Waals surface area contributed by atoms with Gasteiger partial charge in [0.25, 0.3) is 0 Å². The number of ether oxygens (including phenoxy) is 1. The fraction of sp³-hybridized carbons (Fsp3) is 0.227. The molecule has 0 amide bonds. The van der Waals surface area contributed by atoms with E-state index in [1.165, 1.54) is 5.56 Å². The SMILES string of the molecule is COc1ccc(CN(C)CCc2ccccn2)c2cc(-c3ccco3)oc12. The highest BCUT2D eigenvalue weighted by Crippen LogP contribution is 2.36. The highest BCUT2D eigenvalue weighted by Gasteiger charge is 2.16. The number of likely N-dealkylation sites (N-methyl/N-ethyl adjacent to an activating group) is 1. The Hall–Kier alpha value is -3.05. The summed E-state index contributed by atoms with van der Waals surface area (Å²) in [5, 5.41) is 1.05. The van der Waals surface area contributed by atoms with Crippen molar-refractivity contribution in [2.75, 3.05) is 20.7 Å². The van der Waals surface area contributed by atoms with E-state index in [4.69, 9.17) is 13.6 Å². The van der Waals surface area contributed by atoms with Gasteiger partial charge in [-0.15, -0.1) is 0 Å². The van der Waals surface area contributed by atoms with Gasteiger partial charge in [-0.05, 0) is 49.0 Å². The van der Waals surface area contributed by atoms with Crippen molar-refractivity contribution in [3.05, 3.63) is 72.2 Å². The van der Waals surface area contributed by atoms with E-state index in [2.05, 4.69) is 29.1 Å². The van der Waals surface area contributed by atoms with Crippen LogP contribution in [0.2, 0.25) is 0 Å². The summed E-state index contributed by atoms with van der Waals surface area (Å²) >= 11 is 0. The van der Waals surface area contributed by atoms with Crippen molar-refractivity contribution >= 4 is 11.0 Å². The molecule has 0 fully saturated rings. The van der Waals surface area contributed by atoms with Gasteiger partial charge in [0, 0.05) is 36.8 Å². The molecule has 0 radical (unpaired) electrons. The quantitative estimate of drug-likeness (QED) is 0.474. The number of nitrogens with zero attached hydrogens (tertiary/aromatic N) is 2. The maximum absolute atomic E-state index is 6.04. The van der Waals surface area contributed by atoms with E-state index in [0.717, 1.165) is 41.9 Å².